The van der Waals surface area contributed by atoms with Crippen LogP contribution < -0.4 is 15.6 Å². The van der Waals surface area contributed by atoms with Crippen LogP contribution in [0, 0.1) is 18.3 Å². The van der Waals surface area contributed by atoms with Crippen LogP contribution in [0.15, 0.2) is 65.6 Å². The highest BCUT2D eigenvalue weighted by atomic mass is 16.5. The van der Waals surface area contributed by atoms with E-state index in [1.54, 1.807) is 47.2 Å². The van der Waals surface area contributed by atoms with Crippen LogP contribution in [0.25, 0.3) is 10.9 Å². The van der Waals surface area contributed by atoms with E-state index in [0.29, 0.717) is 40.1 Å². The number of hydrogen-bond acceptors (Lipinski definition) is 6. The second kappa shape index (κ2) is 9.39. The Bertz CT molecular complexity index is 1530. The summed E-state index contributed by atoms with van der Waals surface area (Å²) in [5.74, 6) is 1.23. The lowest BCUT2D eigenvalue weighted by Gasteiger charge is -2.14. The second-order valence-corrected chi connectivity index (χ2v) is 8.55. The molecule has 4 aromatic rings. The molecule has 2 aromatic heterocycles. The van der Waals surface area contributed by atoms with Crippen molar-refractivity contribution in [1.29, 1.82) is 5.26 Å². The van der Waals surface area contributed by atoms with E-state index in [9.17, 15) is 14.9 Å². The van der Waals surface area contributed by atoms with E-state index in [4.69, 9.17) is 9.72 Å². The lowest BCUT2D eigenvalue weighted by Crippen LogP contribution is -2.25. The molecule has 0 bridgehead atoms. The highest BCUT2D eigenvalue weighted by Crippen LogP contribution is 2.35. The number of anilines is 1. The molecule has 2 heterocycles. The van der Waals surface area contributed by atoms with Crippen molar-refractivity contribution in [2.75, 3.05) is 5.32 Å². The zero-order valence-electron chi connectivity index (χ0n) is 19.2. The normalized spacial score (nSPS) is 12.8. The summed E-state index contributed by atoms with van der Waals surface area (Å²) in [6.07, 6.45) is 4.06. The summed E-state index contributed by atoms with van der Waals surface area (Å²) < 4.78 is 7.51. The number of nitrogens with one attached hydrogen (secondary N) is 1. The van der Waals surface area contributed by atoms with Crippen molar-refractivity contribution in [2.24, 2.45) is 0 Å². The van der Waals surface area contributed by atoms with Crippen molar-refractivity contribution < 1.29 is 9.53 Å². The molecule has 0 unspecified atom stereocenters. The maximum Gasteiger partial charge on any atom is 0.261 e. The first-order valence-corrected chi connectivity index (χ1v) is 11.5. The van der Waals surface area contributed by atoms with Gasteiger partial charge in [-0.25, -0.2) is 9.97 Å². The van der Waals surface area contributed by atoms with Gasteiger partial charge in [-0.15, -0.1) is 0 Å². The van der Waals surface area contributed by atoms with E-state index < -0.39 is 0 Å². The van der Waals surface area contributed by atoms with Gasteiger partial charge < -0.3 is 10.1 Å². The number of pyridine rings is 1. The van der Waals surface area contributed by atoms with Gasteiger partial charge in [-0.2, -0.15) is 5.26 Å². The Hall–Kier alpha value is -4.51. The predicted molar refractivity (Wildman–Crippen MR) is 131 cm³/mol. The maximum absolute atomic E-state index is 13.0. The number of ether oxygens (including phenoxy) is 1. The topological polar surface area (TPSA) is 110 Å². The van der Waals surface area contributed by atoms with Gasteiger partial charge >= 0.3 is 0 Å². The van der Waals surface area contributed by atoms with Crippen molar-refractivity contribution in [3.05, 3.63) is 88.1 Å². The number of carbonyl (C=O) groups is 1. The molecule has 1 aliphatic carbocycles. The summed E-state index contributed by atoms with van der Waals surface area (Å²) in [6, 6.07) is 18.1. The number of para-hydroxylation sites is 1. The van der Waals surface area contributed by atoms with Gasteiger partial charge in [-0.3, -0.25) is 14.2 Å². The molecule has 0 spiro atoms. The molecule has 0 radical (unpaired) electrons. The van der Waals surface area contributed by atoms with Crippen molar-refractivity contribution in [2.45, 2.75) is 38.6 Å². The van der Waals surface area contributed by atoms with Crippen LogP contribution in [0.4, 0.5) is 5.69 Å². The molecule has 8 nitrogen and oxygen atoms in total. The molecular formula is C27H23N5O3. The lowest BCUT2D eigenvalue weighted by molar-refractivity contribution is -0.116. The number of aryl methyl sites for hydroxylation is 2. The smallest absolute Gasteiger partial charge is 0.261 e. The molecule has 1 aliphatic rings. The standard InChI is InChI=1S/C27H23N5O3/c1-17-15-20(35-26-18(16-28)5-4-14-29-26)10-11-22(17)31-25(33)13-12-24-30-23-7-3-2-6-21(23)27(34)32(24)19-8-9-19/h2-7,10-11,14-15,19H,8-9,12-13H2,1H3,(H,31,33). The van der Waals surface area contributed by atoms with Crippen LogP contribution in [0.2, 0.25) is 0 Å². The van der Waals surface area contributed by atoms with E-state index in [1.165, 1.54) is 0 Å². The molecule has 0 atom stereocenters. The largest absolute Gasteiger partial charge is 0.438 e. The van der Waals surface area contributed by atoms with Gasteiger partial charge in [0.05, 0.1) is 10.9 Å². The molecule has 1 N–H and O–H groups in total. The van der Waals surface area contributed by atoms with Crippen LogP contribution in [-0.4, -0.2) is 20.4 Å². The first-order chi connectivity index (χ1) is 17.0. The number of benzene rings is 2. The number of nitrogens with zero attached hydrogens (tertiary/aromatic N) is 4. The average Bonchev–Trinajstić information content (AvgIpc) is 3.70. The van der Waals surface area contributed by atoms with Gasteiger partial charge in [-0.1, -0.05) is 12.1 Å². The summed E-state index contributed by atoms with van der Waals surface area (Å²) in [5.41, 5.74) is 2.43. The lowest BCUT2D eigenvalue weighted by atomic mass is 10.1. The van der Waals surface area contributed by atoms with E-state index in [0.717, 1.165) is 18.4 Å². The molecular weight excluding hydrogens is 442 g/mol. The first kappa shape index (κ1) is 22.3. The Morgan fingerprint density at radius 3 is 2.80 bits per heavy atom. The number of aromatic nitrogens is 3. The van der Waals surface area contributed by atoms with Gasteiger partial charge in [-0.05, 0) is 67.8 Å². The molecule has 5 rings (SSSR count). The average molecular weight is 466 g/mol. The molecule has 0 aliphatic heterocycles. The monoisotopic (exact) mass is 465 g/mol. The van der Waals surface area contributed by atoms with E-state index in [-0.39, 0.29) is 29.8 Å². The van der Waals surface area contributed by atoms with Crippen LogP contribution in [0.3, 0.4) is 0 Å². The Labute approximate surface area is 201 Å². The minimum absolute atomic E-state index is 0.0348. The molecule has 2 aromatic carbocycles. The molecule has 1 saturated carbocycles. The molecule has 174 valence electrons. The Morgan fingerprint density at radius 2 is 2.03 bits per heavy atom. The SMILES string of the molecule is Cc1cc(Oc2ncccc2C#N)ccc1NC(=O)CCc1nc2ccccc2c(=O)n1C1CC1. The number of fused-ring (bicyclic) bond motifs is 1. The fraction of sp³-hybridized carbons (Fsp3) is 0.222. The Balaban J connectivity index is 1.28. The van der Waals surface area contributed by atoms with E-state index in [1.807, 2.05) is 25.1 Å². The van der Waals surface area contributed by atoms with Crippen LogP contribution in [0.5, 0.6) is 11.6 Å². The minimum Gasteiger partial charge on any atom is -0.438 e. The fourth-order valence-electron chi connectivity index (χ4n) is 4.02. The van der Waals surface area contributed by atoms with Gasteiger partial charge in [0.2, 0.25) is 11.8 Å². The minimum atomic E-state index is -0.164. The molecule has 35 heavy (non-hydrogen) atoms. The molecule has 1 fully saturated rings. The quantitative estimate of drug-likeness (QED) is 0.425. The van der Waals surface area contributed by atoms with Crippen molar-refractivity contribution in [3.8, 4) is 17.7 Å². The zero-order valence-corrected chi connectivity index (χ0v) is 19.2. The number of nitriles is 1. The predicted octanol–water partition coefficient (Wildman–Crippen LogP) is 4.67. The summed E-state index contributed by atoms with van der Waals surface area (Å²) in [4.78, 5) is 34.5. The molecule has 1 amide bonds. The highest BCUT2D eigenvalue weighted by Gasteiger charge is 2.28. The van der Waals surface area contributed by atoms with Gasteiger partial charge in [0, 0.05) is 30.8 Å². The summed E-state index contributed by atoms with van der Waals surface area (Å²) in [7, 11) is 0. The molecule has 0 saturated heterocycles. The van der Waals surface area contributed by atoms with Crippen LogP contribution >= 0.6 is 0 Å². The second-order valence-electron chi connectivity index (χ2n) is 8.55. The third-order valence-electron chi connectivity index (χ3n) is 5.95. The van der Waals surface area contributed by atoms with Crippen LogP contribution in [-0.2, 0) is 11.2 Å². The van der Waals surface area contributed by atoms with Crippen molar-refractivity contribution in [1.82, 2.24) is 14.5 Å². The third kappa shape index (κ3) is 4.75. The first-order valence-electron chi connectivity index (χ1n) is 11.5. The number of hydrogen-bond donors (Lipinski definition) is 1. The fourth-order valence-corrected chi connectivity index (χ4v) is 4.02. The number of carbonyl (C=O) groups excluding carboxylic acids is 1. The maximum atomic E-state index is 13.0. The highest BCUT2D eigenvalue weighted by molar-refractivity contribution is 5.91. The van der Waals surface area contributed by atoms with Gasteiger partial charge in [0.1, 0.15) is 23.2 Å². The van der Waals surface area contributed by atoms with Gasteiger partial charge in [0.15, 0.2) is 0 Å². The number of rotatable bonds is 7. The molecule has 8 heteroatoms. The Kier molecular flexibility index (Phi) is 5.98. The zero-order chi connectivity index (χ0) is 24.4. The van der Waals surface area contributed by atoms with Gasteiger partial charge in [0.25, 0.3) is 5.56 Å². The van der Waals surface area contributed by atoms with E-state index in [2.05, 4.69) is 16.4 Å². The summed E-state index contributed by atoms with van der Waals surface area (Å²) in [5, 5.41) is 12.7. The number of amides is 1. The third-order valence-corrected chi connectivity index (χ3v) is 5.95. The van der Waals surface area contributed by atoms with Crippen LogP contribution in [0.1, 0.15) is 42.3 Å². The summed E-state index contributed by atoms with van der Waals surface area (Å²) in [6.45, 7) is 1.86. The summed E-state index contributed by atoms with van der Waals surface area (Å²) >= 11 is 0. The van der Waals surface area contributed by atoms with Crippen molar-refractivity contribution in [3.63, 3.8) is 0 Å². The Morgan fingerprint density at radius 1 is 1.20 bits per heavy atom. The van der Waals surface area contributed by atoms with Crippen molar-refractivity contribution >= 4 is 22.5 Å². The van der Waals surface area contributed by atoms with E-state index >= 15 is 0 Å².